The molecule has 0 aromatic carbocycles. The molecule has 1 aliphatic heterocycles. The number of alkyl halides is 1. The van der Waals surface area contributed by atoms with Crippen molar-refractivity contribution >= 4 is 21.8 Å². The summed E-state index contributed by atoms with van der Waals surface area (Å²) in [6, 6.07) is 2.08. The van der Waals surface area contributed by atoms with Crippen molar-refractivity contribution in [2.75, 3.05) is 11.9 Å². The Labute approximate surface area is 104 Å². The molecule has 1 aliphatic rings. The number of aromatic nitrogens is 2. The zero-order valence-corrected chi connectivity index (χ0v) is 11.1. The summed E-state index contributed by atoms with van der Waals surface area (Å²) in [5, 5.41) is 4.88. The SMILES string of the molecule is CC1CCN(C(=O)c2ccnn2C)C1CBr. The summed E-state index contributed by atoms with van der Waals surface area (Å²) in [5.74, 6) is 0.658. The zero-order valence-electron chi connectivity index (χ0n) is 9.56. The zero-order chi connectivity index (χ0) is 11.7. The largest absolute Gasteiger partial charge is 0.333 e. The number of halogens is 1. The second kappa shape index (κ2) is 4.57. The summed E-state index contributed by atoms with van der Waals surface area (Å²) >= 11 is 3.49. The first-order chi connectivity index (χ1) is 7.65. The summed E-state index contributed by atoms with van der Waals surface area (Å²) in [7, 11) is 1.80. The summed E-state index contributed by atoms with van der Waals surface area (Å²) in [4.78, 5) is 14.2. The van der Waals surface area contributed by atoms with Gasteiger partial charge in [-0.25, -0.2) is 0 Å². The molecule has 0 radical (unpaired) electrons. The Morgan fingerprint density at radius 1 is 1.69 bits per heavy atom. The fourth-order valence-corrected chi connectivity index (χ4v) is 3.21. The molecule has 0 N–H and O–H groups in total. The molecule has 0 spiro atoms. The van der Waals surface area contributed by atoms with E-state index >= 15 is 0 Å². The molecule has 1 saturated heterocycles. The van der Waals surface area contributed by atoms with Gasteiger partial charge < -0.3 is 4.90 Å². The molecule has 2 unspecified atom stereocenters. The molecule has 0 saturated carbocycles. The molecule has 2 heterocycles. The van der Waals surface area contributed by atoms with Crippen LogP contribution < -0.4 is 0 Å². The summed E-state index contributed by atoms with van der Waals surface area (Å²) < 4.78 is 1.64. The lowest BCUT2D eigenvalue weighted by Gasteiger charge is -2.25. The lowest BCUT2D eigenvalue weighted by Crippen LogP contribution is -2.39. The van der Waals surface area contributed by atoms with Gasteiger partial charge in [0, 0.05) is 31.2 Å². The van der Waals surface area contributed by atoms with Crippen LogP contribution in [0.3, 0.4) is 0 Å². The number of carbonyl (C=O) groups excluding carboxylic acids is 1. The predicted octanol–water partition coefficient (Wildman–Crippen LogP) is 1.67. The number of nitrogens with zero attached hydrogens (tertiary/aromatic N) is 3. The van der Waals surface area contributed by atoms with E-state index in [4.69, 9.17) is 0 Å². The normalized spacial score (nSPS) is 25.1. The van der Waals surface area contributed by atoms with E-state index in [1.807, 2.05) is 4.90 Å². The van der Waals surface area contributed by atoms with E-state index < -0.39 is 0 Å². The topological polar surface area (TPSA) is 38.1 Å². The van der Waals surface area contributed by atoms with E-state index in [1.165, 1.54) is 0 Å². The van der Waals surface area contributed by atoms with Crippen molar-refractivity contribution in [3.05, 3.63) is 18.0 Å². The van der Waals surface area contributed by atoms with Gasteiger partial charge in [0.25, 0.3) is 5.91 Å². The van der Waals surface area contributed by atoms with Gasteiger partial charge in [-0.15, -0.1) is 0 Å². The summed E-state index contributed by atoms with van der Waals surface area (Å²) in [6.45, 7) is 3.05. The molecule has 4 nitrogen and oxygen atoms in total. The van der Waals surface area contributed by atoms with E-state index in [2.05, 4.69) is 28.0 Å². The summed E-state index contributed by atoms with van der Waals surface area (Å²) in [5.41, 5.74) is 0.667. The number of hydrogen-bond acceptors (Lipinski definition) is 2. The molecule has 1 aromatic heterocycles. The second-order valence-corrected chi connectivity index (χ2v) is 4.97. The van der Waals surface area contributed by atoms with Crippen molar-refractivity contribution in [3.8, 4) is 0 Å². The van der Waals surface area contributed by atoms with Gasteiger partial charge in [-0.1, -0.05) is 22.9 Å². The van der Waals surface area contributed by atoms with Crippen LogP contribution in [0.15, 0.2) is 12.3 Å². The van der Waals surface area contributed by atoms with Crippen LogP contribution in [0.1, 0.15) is 23.8 Å². The van der Waals surface area contributed by atoms with Crippen molar-refractivity contribution in [3.63, 3.8) is 0 Å². The minimum absolute atomic E-state index is 0.0915. The van der Waals surface area contributed by atoms with Crippen LogP contribution in [-0.4, -0.2) is 38.5 Å². The summed E-state index contributed by atoms with van der Waals surface area (Å²) in [6.07, 6.45) is 2.75. The Morgan fingerprint density at radius 3 is 3.00 bits per heavy atom. The van der Waals surface area contributed by atoms with Crippen molar-refractivity contribution in [2.45, 2.75) is 19.4 Å². The van der Waals surface area contributed by atoms with Crippen LogP contribution in [0.4, 0.5) is 0 Å². The average Bonchev–Trinajstić information content (AvgIpc) is 2.83. The maximum atomic E-state index is 12.3. The molecule has 1 amide bonds. The van der Waals surface area contributed by atoms with E-state index in [1.54, 1.807) is 24.0 Å². The predicted molar refractivity (Wildman–Crippen MR) is 65.6 cm³/mol. The molecule has 2 rings (SSSR count). The molecule has 0 bridgehead atoms. The third-order valence-corrected chi connectivity index (χ3v) is 4.00. The van der Waals surface area contributed by atoms with Crippen LogP contribution >= 0.6 is 15.9 Å². The molecule has 88 valence electrons. The Kier molecular flexibility index (Phi) is 3.33. The molecule has 2 atom stereocenters. The highest BCUT2D eigenvalue weighted by molar-refractivity contribution is 9.09. The van der Waals surface area contributed by atoms with Gasteiger partial charge in [-0.05, 0) is 18.4 Å². The van der Waals surface area contributed by atoms with Gasteiger partial charge in [0.15, 0.2) is 0 Å². The molecule has 0 aliphatic carbocycles. The fraction of sp³-hybridized carbons (Fsp3) is 0.636. The van der Waals surface area contributed by atoms with Gasteiger partial charge in [-0.2, -0.15) is 5.10 Å². The first-order valence-electron chi connectivity index (χ1n) is 5.50. The van der Waals surface area contributed by atoms with E-state index in [9.17, 15) is 4.79 Å². The van der Waals surface area contributed by atoms with Crippen molar-refractivity contribution in [2.24, 2.45) is 13.0 Å². The van der Waals surface area contributed by atoms with Crippen LogP contribution in [-0.2, 0) is 7.05 Å². The van der Waals surface area contributed by atoms with Crippen LogP contribution in [0.5, 0.6) is 0 Å². The highest BCUT2D eigenvalue weighted by Crippen LogP contribution is 2.26. The van der Waals surface area contributed by atoms with E-state index in [0.717, 1.165) is 18.3 Å². The average molecular weight is 286 g/mol. The monoisotopic (exact) mass is 285 g/mol. The lowest BCUT2D eigenvalue weighted by atomic mass is 10.1. The number of likely N-dealkylation sites (tertiary alicyclic amines) is 1. The standard InChI is InChI=1S/C11H16BrN3O/c1-8-4-6-15(10(8)7-12)11(16)9-3-5-13-14(9)2/h3,5,8,10H,4,6-7H2,1-2H3. The minimum atomic E-state index is 0.0915. The Bertz CT molecular complexity index is 390. The van der Waals surface area contributed by atoms with E-state index in [0.29, 0.717) is 17.7 Å². The molecular weight excluding hydrogens is 270 g/mol. The molecule has 16 heavy (non-hydrogen) atoms. The maximum Gasteiger partial charge on any atom is 0.272 e. The Balaban J connectivity index is 2.20. The van der Waals surface area contributed by atoms with Crippen molar-refractivity contribution in [1.29, 1.82) is 0 Å². The minimum Gasteiger partial charge on any atom is -0.333 e. The molecule has 1 aromatic rings. The number of rotatable bonds is 2. The number of aryl methyl sites for hydroxylation is 1. The number of carbonyl (C=O) groups is 1. The van der Waals surface area contributed by atoms with Crippen LogP contribution in [0.25, 0.3) is 0 Å². The Morgan fingerprint density at radius 2 is 2.44 bits per heavy atom. The van der Waals surface area contributed by atoms with Gasteiger partial charge in [0.1, 0.15) is 5.69 Å². The fourth-order valence-electron chi connectivity index (χ4n) is 2.23. The van der Waals surface area contributed by atoms with Crippen LogP contribution in [0.2, 0.25) is 0 Å². The Hall–Kier alpha value is -0.840. The van der Waals surface area contributed by atoms with Gasteiger partial charge in [0.05, 0.1) is 0 Å². The first-order valence-corrected chi connectivity index (χ1v) is 6.62. The number of hydrogen-bond donors (Lipinski definition) is 0. The van der Waals surface area contributed by atoms with E-state index in [-0.39, 0.29) is 5.91 Å². The third kappa shape index (κ3) is 1.88. The lowest BCUT2D eigenvalue weighted by molar-refractivity contribution is 0.0727. The molecular formula is C11H16BrN3O. The maximum absolute atomic E-state index is 12.3. The third-order valence-electron chi connectivity index (χ3n) is 3.34. The highest BCUT2D eigenvalue weighted by Gasteiger charge is 2.34. The first kappa shape index (κ1) is 11.6. The smallest absolute Gasteiger partial charge is 0.272 e. The van der Waals surface area contributed by atoms with Gasteiger partial charge in [-0.3, -0.25) is 9.48 Å². The second-order valence-electron chi connectivity index (χ2n) is 4.33. The van der Waals surface area contributed by atoms with Gasteiger partial charge in [0.2, 0.25) is 0 Å². The van der Waals surface area contributed by atoms with Gasteiger partial charge >= 0.3 is 0 Å². The van der Waals surface area contributed by atoms with Crippen molar-refractivity contribution < 1.29 is 4.79 Å². The molecule has 5 heteroatoms. The molecule has 1 fully saturated rings. The van der Waals surface area contributed by atoms with Crippen LogP contribution in [0, 0.1) is 5.92 Å². The quantitative estimate of drug-likeness (QED) is 0.776. The number of amides is 1. The van der Waals surface area contributed by atoms with Crippen molar-refractivity contribution in [1.82, 2.24) is 14.7 Å². The highest BCUT2D eigenvalue weighted by atomic mass is 79.9.